The molecule has 13 heteroatoms. The van der Waals surface area contributed by atoms with Crippen LogP contribution >= 0.6 is 0 Å². The number of fused-ring (bicyclic) bond motifs is 2. The van der Waals surface area contributed by atoms with E-state index in [2.05, 4.69) is 26.8 Å². The first-order valence-corrected chi connectivity index (χ1v) is 13.1. The monoisotopic (exact) mass is 562 g/mol. The van der Waals surface area contributed by atoms with E-state index < -0.39 is 11.3 Å². The number of hydrogen-bond acceptors (Lipinski definition) is 8. The zero-order valence-corrected chi connectivity index (χ0v) is 21.6. The lowest BCUT2D eigenvalue weighted by Gasteiger charge is -2.26. The lowest BCUT2D eigenvalue weighted by atomic mass is 10.1. The minimum absolute atomic E-state index is 0.230. The van der Waals surface area contributed by atoms with E-state index in [9.17, 15) is 23.3 Å². The quantitative estimate of drug-likeness (QED) is 0.181. The number of benzene rings is 2. The number of imidazole rings is 1. The second-order valence-corrected chi connectivity index (χ2v) is 9.63. The minimum Gasteiger partial charge on any atom is -0.494 e. The summed E-state index contributed by atoms with van der Waals surface area (Å²) in [7, 11) is 0. The molecule has 10 nitrogen and oxygen atoms in total. The first-order chi connectivity index (χ1) is 19.2. The molecule has 2 aromatic carbocycles. The van der Waals surface area contributed by atoms with Gasteiger partial charge in [0.25, 0.3) is 0 Å². The van der Waals surface area contributed by atoms with E-state index in [-0.39, 0.29) is 23.7 Å². The molecule has 5 rings (SSSR count). The lowest BCUT2D eigenvalue weighted by molar-refractivity contribution is -0.389. The van der Waals surface area contributed by atoms with E-state index >= 15 is 0 Å². The van der Waals surface area contributed by atoms with Gasteiger partial charge in [0.2, 0.25) is 0 Å². The van der Waals surface area contributed by atoms with Gasteiger partial charge in [-0.2, -0.15) is 0 Å². The topological polar surface area (TPSA) is 101 Å². The average Bonchev–Trinajstić information content (AvgIpc) is 3.25. The first-order valence-electron chi connectivity index (χ1n) is 13.1. The first kappa shape index (κ1) is 27.4. The van der Waals surface area contributed by atoms with Crippen molar-refractivity contribution in [2.45, 2.75) is 51.1 Å². The number of nitrogens with zero attached hydrogens (tertiary/aromatic N) is 4. The van der Waals surface area contributed by atoms with Crippen LogP contribution < -0.4 is 23.8 Å². The molecule has 0 unspecified atom stereocenters. The molecule has 0 saturated heterocycles. The van der Waals surface area contributed by atoms with E-state index in [4.69, 9.17) is 14.2 Å². The number of ether oxygens (including phenoxy) is 4. The summed E-state index contributed by atoms with van der Waals surface area (Å²) in [4.78, 5) is 16.7. The maximum absolute atomic E-state index is 12.3. The summed E-state index contributed by atoms with van der Waals surface area (Å²) in [5, 5.41) is 11.0. The summed E-state index contributed by atoms with van der Waals surface area (Å²) < 4.78 is 60.0. The Labute approximate surface area is 228 Å². The van der Waals surface area contributed by atoms with Gasteiger partial charge >= 0.3 is 18.2 Å². The second kappa shape index (κ2) is 11.9. The van der Waals surface area contributed by atoms with Crippen LogP contribution in [0.2, 0.25) is 0 Å². The maximum atomic E-state index is 12.3. The van der Waals surface area contributed by atoms with E-state index in [1.807, 2.05) is 6.07 Å². The van der Waals surface area contributed by atoms with Gasteiger partial charge in [0.1, 0.15) is 36.2 Å². The molecule has 3 heterocycles. The van der Waals surface area contributed by atoms with Gasteiger partial charge in [-0.15, -0.1) is 13.2 Å². The van der Waals surface area contributed by atoms with E-state index in [1.165, 1.54) is 36.0 Å². The maximum Gasteiger partial charge on any atom is 0.573 e. The molecular formula is C27H29F3N4O6. The predicted molar refractivity (Wildman–Crippen MR) is 138 cm³/mol. The van der Waals surface area contributed by atoms with E-state index in [0.717, 1.165) is 50.2 Å². The third-order valence-corrected chi connectivity index (χ3v) is 6.73. The molecule has 1 atom stereocenters. The average molecular weight is 563 g/mol. The van der Waals surface area contributed by atoms with Crippen LogP contribution in [-0.4, -0.2) is 53.2 Å². The summed E-state index contributed by atoms with van der Waals surface area (Å²) in [6.45, 7) is 3.01. The third-order valence-electron chi connectivity index (χ3n) is 6.73. The van der Waals surface area contributed by atoms with Crippen LogP contribution in [0.1, 0.15) is 31.2 Å². The molecule has 0 N–H and O–H groups in total. The summed E-state index contributed by atoms with van der Waals surface area (Å²) >= 11 is 0. The third kappa shape index (κ3) is 7.07. The van der Waals surface area contributed by atoms with Crippen LogP contribution in [0.15, 0.2) is 48.7 Å². The summed E-state index contributed by atoms with van der Waals surface area (Å²) in [6, 6.07) is 11.7. The summed E-state index contributed by atoms with van der Waals surface area (Å²) in [5.41, 5.74) is 2.36. The van der Waals surface area contributed by atoms with Gasteiger partial charge in [-0.25, -0.2) is 0 Å². The van der Waals surface area contributed by atoms with Crippen molar-refractivity contribution >= 4 is 11.5 Å². The molecule has 0 saturated carbocycles. The molecule has 3 aromatic rings. The minimum atomic E-state index is -4.72. The molecular weight excluding hydrogens is 533 g/mol. The molecule has 0 bridgehead atoms. The molecule has 0 fully saturated rings. The smallest absolute Gasteiger partial charge is 0.494 e. The number of aromatic nitrogens is 2. The molecule has 0 radical (unpaired) electrons. The number of anilines is 1. The van der Waals surface area contributed by atoms with Crippen LogP contribution in [0.5, 0.6) is 23.3 Å². The Morgan fingerprint density at radius 3 is 2.60 bits per heavy atom. The summed E-state index contributed by atoms with van der Waals surface area (Å²) in [6.07, 6.45) is 0.861. The lowest BCUT2D eigenvalue weighted by Crippen LogP contribution is -2.31. The Bertz CT molecular complexity index is 1310. The van der Waals surface area contributed by atoms with E-state index in [0.29, 0.717) is 31.9 Å². The van der Waals surface area contributed by atoms with Crippen molar-refractivity contribution in [3.05, 3.63) is 64.3 Å². The van der Waals surface area contributed by atoms with Crippen molar-refractivity contribution in [2.24, 2.45) is 0 Å². The Morgan fingerprint density at radius 2 is 1.82 bits per heavy atom. The van der Waals surface area contributed by atoms with Crippen LogP contribution in [0, 0.1) is 10.1 Å². The van der Waals surface area contributed by atoms with Crippen LogP contribution in [0.25, 0.3) is 0 Å². The largest absolute Gasteiger partial charge is 0.573 e. The zero-order chi connectivity index (χ0) is 28.1. The number of hydrogen-bond donors (Lipinski definition) is 0. The van der Waals surface area contributed by atoms with Crippen molar-refractivity contribution in [3.8, 4) is 23.3 Å². The Kier molecular flexibility index (Phi) is 8.17. The number of alkyl halides is 3. The highest BCUT2D eigenvalue weighted by atomic mass is 19.4. The molecule has 40 heavy (non-hydrogen) atoms. The molecule has 0 spiro atoms. The highest BCUT2D eigenvalue weighted by Gasteiger charge is 2.31. The summed E-state index contributed by atoms with van der Waals surface area (Å²) in [5.74, 6) is 0.711. The Morgan fingerprint density at radius 1 is 1.05 bits per heavy atom. The normalized spacial score (nSPS) is 16.8. The fraction of sp³-hybridized carbons (Fsp3) is 0.444. The van der Waals surface area contributed by atoms with Gasteiger partial charge in [-0.05, 0) is 78.6 Å². The van der Waals surface area contributed by atoms with Gasteiger partial charge < -0.3 is 34.0 Å². The van der Waals surface area contributed by atoms with E-state index in [1.54, 1.807) is 4.57 Å². The van der Waals surface area contributed by atoms with Crippen molar-refractivity contribution in [1.29, 1.82) is 0 Å². The number of aryl methyl sites for hydroxylation is 2. The van der Waals surface area contributed by atoms with Crippen molar-refractivity contribution in [2.75, 3.05) is 31.2 Å². The van der Waals surface area contributed by atoms with Gasteiger partial charge in [-0.3, -0.25) is 4.57 Å². The fourth-order valence-electron chi connectivity index (χ4n) is 4.84. The van der Waals surface area contributed by atoms with Gasteiger partial charge in [0.05, 0.1) is 6.61 Å². The zero-order valence-electron chi connectivity index (χ0n) is 21.6. The SMILES string of the molecule is O=[N+]([O-])c1cn2c(n1)O[C@@H](COc1ccc3c(c1)CCCCN3CCCOc1ccc(OC(F)(F)F)cc1)CC2. The van der Waals surface area contributed by atoms with Gasteiger partial charge in [0, 0.05) is 36.7 Å². The van der Waals surface area contributed by atoms with Crippen molar-refractivity contribution in [3.63, 3.8) is 0 Å². The van der Waals surface area contributed by atoms with Crippen molar-refractivity contribution < 1.29 is 37.0 Å². The Hall–Kier alpha value is -4.16. The molecule has 1 aromatic heterocycles. The van der Waals surface area contributed by atoms with Gasteiger partial charge in [-0.1, -0.05) is 0 Å². The Balaban J connectivity index is 1.11. The molecule has 0 amide bonds. The molecule has 214 valence electrons. The van der Waals surface area contributed by atoms with Crippen LogP contribution in [-0.2, 0) is 13.0 Å². The molecule has 0 aliphatic carbocycles. The molecule has 2 aliphatic rings. The fourth-order valence-corrected chi connectivity index (χ4v) is 4.84. The van der Waals surface area contributed by atoms with Crippen LogP contribution in [0.3, 0.4) is 0 Å². The van der Waals surface area contributed by atoms with Crippen LogP contribution in [0.4, 0.5) is 24.7 Å². The highest BCUT2D eigenvalue weighted by molar-refractivity contribution is 5.57. The second-order valence-electron chi connectivity index (χ2n) is 9.63. The predicted octanol–water partition coefficient (Wildman–Crippen LogP) is 5.53. The standard InChI is InChI=1S/C27H29F3N4O6/c28-27(29,30)40-21-7-5-20(6-8-21)37-15-3-13-32-12-2-1-4-19-16-22(9-10-24(19)32)38-18-23-11-14-33-17-25(34(35)36)31-26(33)39-23/h5-10,16-17,23H,1-4,11-15,18H2/t23-/m1/s1. The number of nitro groups is 1. The molecule has 2 aliphatic heterocycles. The van der Waals surface area contributed by atoms with Gasteiger partial charge in [0.15, 0.2) is 0 Å². The highest BCUT2D eigenvalue weighted by Crippen LogP contribution is 2.31. The number of halogens is 3. The number of rotatable bonds is 10. The van der Waals surface area contributed by atoms with Crippen molar-refractivity contribution in [1.82, 2.24) is 9.55 Å².